The Bertz CT molecular complexity index is 691. The van der Waals surface area contributed by atoms with Crippen molar-refractivity contribution in [3.8, 4) is 0 Å². The molecule has 2 aliphatic heterocycles. The number of carbonyl (C=O) groups excluding carboxylic acids is 1. The van der Waals surface area contributed by atoms with Crippen LogP contribution in [0.5, 0.6) is 0 Å². The number of hydrogen-bond donors (Lipinski definition) is 1. The minimum Gasteiger partial charge on any atom is -0.466 e. The van der Waals surface area contributed by atoms with E-state index in [0.29, 0.717) is 6.61 Å². The lowest BCUT2D eigenvalue weighted by atomic mass is 9.97. The Morgan fingerprint density at radius 1 is 1.12 bits per heavy atom. The maximum atomic E-state index is 12.0. The van der Waals surface area contributed by atoms with E-state index >= 15 is 0 Å². The molecule has 10 heteroatoms. The Kier molecular flexibility index (Phi) is 12.0. The fourth-order valence-corrected chi connectivity index (χ4v) is 4.12. The van der Waals surface area contributed by atoms with Crippen molar-refractivity contribution in [2.75, 3.05) is 70.4 Å². The summed E-state index contributed by atoms with van der Waals surface area (Å²) in [6.45, 7) is 12.8. The van der Waals surface area contributed by atoms with Gasteiger partial charge in [-0.1, -0.05) is 0 Å². The van der Waals surface area contributed by atoms with Gasteiger partial charge in [-0.25, -0.2) is 9.97 Å². The molecule has 0 saturated carbocycles. The van der Waals surface area contributed by atoms with E-state index in [1.807, 2.05) is 13.0 Å². The Morgan fingerprint density at radius 2 is 1.81 bits per heavy atom. The highest BCUT2D eigenvalue weighted by Gasteiger charge is 2.27. The first-order valence-corrected chi connectivity index (χ1v) is 11.7. The van der Waals surface area contributed by atoms with Crippen molar-refractivity contribution in [1.29, 1.82) is 0 Å². The summed E-state index contributed by atoms with van der Waals surface area (Å²) in [4.78, 5) is 32.5. The molecular weight excluding hydrogens is 521 g/mol. The summed E-state index contributed by atoms with van der Waals surface area (Å²) in [6, 6.07) is 1.85. The highest BCUT2D eigenvalue weighted by molar-refractivity contribution is 14.0. The maximum absolute atomic E-state index is 12.0. The lowest BCUT2D eigenvalue weighted by Crippen LogP contribution is -2.47. The molecule has 2 aliphatic rings. The first-order valence-electron chi connectivity index (χ1n) is 11.7. The van der Waals surface area contributed by atoms with Gasteiger partial charge in [0.15, 0.2) is 5.96 Å². The predicted octanol–water partition coefficient (Wildman–Crippen LogP) is 1.85. The van der Waals surface area contributed by atoms with Crippen LogP contribution in [0, 0.1) is 5.92 Å². The molecule has 0 radical (unpaired) electrons. The number of esters is 1. The standard InChI is InChI=1S/C22H37N7O2.HI/c1-3-23-21(28-13-7-19(8-14-28)20(30)31-4-2)26-11-6-12-27-15-17-29(18-16-27)22-24-9-5-10-25-22;/h5,9-10,19H,3-4,6-8,11-18H2,1-2H3,(H,23,26);1H. The second-order valence-corrected chi connectivity index (χ2v) is 7.98. The van der Waals surface area contributed by atoms with Gasteiger partial charge in [0.1, 0.15) is 0 Å². The van der Waals surface area contributed by atoms with Crippen LogP contribution in [0.2, 0.25) is 0 Å². The summed E-state index contributed by atoms with van der Waals surface area (Å²) in [5.74, 6) is 1.77. The molecule has 0 unspecified atom stereocenters. The Labute approximate surface area is 209 Å². The second-order valence-electron chi connectivity index (χ2n) is 7.98. The third-order valence-corrected chi connectivity index (χ3v) is 5.85. The van der Waals surface area contributed by atoms with Gasteiger partial charge in [0, 0.05) is 71.3 Å². The third kappa shape index (κ3) is 8.02. The molecule has 0 atom stereocenters. The number of carbonyl (C=O) groups is 1. The zero-order chi connectivity index (χ0) is 21.9. The fraction of sp³-hybridized carbons (Fsp3) is 0.727. The second kappa shape index (κ2) is 14.5. The molecule has 2 saturated heterocycles. The van der Waals surface area contributed by atoms with Gasteiger partial charge >= 0.3 is 5.97 Å². The zero-order valence-corrected chi connectivity index (χ0v) is 21.7. The highest BCUT2D eigenvalue weighted by atomic mass is 127. The number of piperazine rings is 1. The zero-order valence-electron chi connectivity index (χ0n) is 19.4. The number of anilines is 1. The molecule has 1 aromatic rings. The van der Waals surface area contributed by atoms with E-state index in [4.69, 9.17) is 9.73 Å². The number of nitrogens with one attached hydrogen (secondary N) is 1. The average Bonchev–Trinajstić information content (AvgIpc) is 2.82. The van der Waals surface area contributed by atoms with Crippen LogP contribution in [0.1, 0.15) is 33.1 Å². The molecule has 1 aromatic heterocycles. The number of likely N-dealkylation sites (tertiary alicyclic amines) is 1. The number of nitrogens with zero attached hydrogens (tertiary/aromatic N) is 6. The van der Waals surface area contributed by atoms with Crippen LogP contribution in [-0.4, -0.2) is 97.2 Å². The van der Waals surface area contributed by atoms with Crippen molar-refractivity contribution in [2.24, 2.45) is 10.9 Å². The molecular formula is C22H38IN7O2. The molecule has 0 amide bonds. The van der Waals surface area contributed by atoms with Crippen molar-refractivity contribution in [3.63, 3.8) is 0 Å². The van der Waals surface area contributed by atoms with Gasteiger partial charge in [0.05, 0.1) is 12.5 Å². The largest absolute Gasteiger partial charge is 0.466 e. The van der Waals surface area contributed by atoms with Gasteiger partial charge < -0.3 is 19.9 Å². The van der Waals surface area contributed by atoms with Crippen LogP contribution in [-0.2, 0) is 9.53 Å². The topological polar surface area (TPSA) is 86.2 Å². The molecule has 3 rings (SSSR count). The third-order valence-electron chi connectivity index (χ3n) is 5.85. The van der Waals surface area contributed by atoms with Gasteiger partial charge in [0.2, 0.25) is 5.95 Å². The van der Waals surface area contributed by atoms with Crippen LogP contribution < -0.4 is 10.2 Å². The Balaban J connectivity index is 0.00000363. The van der Waals surface area contributed by atoms with Crippen molar-refractivity contribution in [2.45, 2.75) is 33.1 Å². The minimum absolute atomic E-state index is 0. The highest BCUT2D eigenvalue weighted by Crippen LogP contribution is 2.19. The van der Waals surface area contributed by atoms with Gasteiger partial charge in [-0.2, -0.15) is 0 Å². The number of halogens is 1. The summed E-state index contributed by atoms with van der Waals surface area (Å²) >= 11 is 0. The fourth-order valence-electron chi connectivity index (χ4n) is 4.12. The van der Waals surface area contributed by atoms with Crippen LogP contribution in [0.25, 0.3) is 0 Å². The van der Waals surface area contributed by atoms with E-state index in [2.05, 4.69) is 36.9 Å². The van der Waals surface area contributed by atoms with E-state index in [-0.39, 0.29) is 35.9 Å². The normalized spacial score (nSPS) is 18.2. The monoisotopic (exact) mass is 559 g/mol. The molecule has 0 aliphatic carbocycles. The van der Waals surface area contributed by atoms with Gasteiger partial charge in [-0.05, 0) is 39.2 Å². The van der Waals surface area contributed by atoms with E-state index in [0.717, 1.165) is 90.1 Å². The van der Waals surface area contributed by atoms with Gasteiger partial charge in [0.25, 0.3) is 0 Å². The van der Waals surface area contributed by atoms with E-state index < -0.39 is 0 Å². The van der Waals surface area contributed by atoms with Gasteiger partial charge in [-0.15, -0.1) is 24.0 Å². The lowest BCUT2D eigenvalue weighted by Gasteiger charge is -2.34. The van der Waals surface area contributed by atoms with Crippen LogP contribution >= 0.6 is 24.0 Å². The van der Waals surface area contributed by atoms with Crippen LogP contribution in [0.4, 0.5) is 5.95 Å². The number of piperidine rings is 1. The maximum Gasteiger partial charge on any atom is 0.309 e. The minimum atomic E-state index is -0.0528. The van der Waals surface area contributed by atoms with E-state index in [1.165, 1.54) is 0 Å². The van der Waals surface area contributed by atoms with Gasteiger partial charge in [-0.3, -0.25) is 14.7 Å². The Hall–Kier alpha value is -1.69. The number of rotatable bonds is 8. The van der Waals surface area contributed by atoms with Crippen LogP contribution in [0.3, 0.4) is 0 Å². The van der Waals surface area contributed by atoms with E-state index in [1.54, 1.807) is 12.4 Å². The molecule has 2 fully saturated rings. The number of ether oxygens (including phenoxy) is 1. The average molecular weight is 559 g/mol. The smallest absolute Gasteiger partial charge is 0.309 e. The molecule has 180 valence electrons. The number of aliphatic imine (C=N–C) groups is 1. The lowest BCUT2D eigenvalue weighted by molar-refractivity contribution is -0.149. The molecule has 3 heterocycles. The number of hydrogen-bond acceptors (Lipinski definition) is 7. The Morgan fingerprint density at radius 3 is 2.44 bits per heavy atom. The number of aromatic nitrogens is 2. The summed E-state index contributed by atoms with van der Waals surface area (Å²) < 4.78 is 5.18. The predicted molar refractivity (Wildman–Crippen MR) is 138 cm³/mol. The van der Waals surface area contributed by atoms with Crippen molar-refractivity contribution >= 4 is 41.9 Å². The quantitative estimate of drug-likeness (QED) is 0.170. The van der Waals surface area contributed by atoms with Crippen molar-refractivity contribution in [1.82, 2.24) is 25.1 Å². The number of guanidine groups is 1. The molecule has 32 heavy (non-hydrogen) atoms. The molecule has 0 aromatic carbocycles. The van der Waals surface area contributed by atoms with Crippen molar-refractivity contribution in [3.05, 3.63) is 18.5 Å². The summed E-state index contributed by atoms with van der Waals surface area (Å²) in [5, 5.41) is 3.41. The summed E-state index contributed by atoms with van der Waals surface area (Å²) in [6.07, 6.45) is 6.30. The molecule has 9 nitrogen and oxygen atoms in total. The van der Waals surface area contributed by atoms with Crippen LogP contribution in [0.15, 0.2) is 23.5 Å². The molecule has 0 spiro atoms. The van der Waals surface area contributed by atoms with Crippen molar-refractivity contribution < 1.29 is 9.53 Å². The summed E-state index contributed by atoms with van der Waals surface area (Å²) in [5.41, 5.74) is 0. The summed E-state index contributed by atoms with van der Waals surface area (Å²) in [7, 11) is 0. The SMILES string of the molecule is CCNC(=NCCCN1CCN(c2ncccn2)CC1)N1CCC(C(=O)OCC)CC1.I. The first-order chi connectivity index (χ1) is 15.2. The first kappa shape index (κ1) is 26.6. The molecule has 0 bridgehead atoms. The van der Waals surface area contributed by atoms with E-state index in [9.17, 15) is 4.79 Å². The molecule has 1 N–H and O–H groups in total.